The molecular weight excluding hydrogens is 328 g/mol. The van der Waals surface area contributed by atoms with Gasteiger partial charge in [0.2, 0.25) is 0 Å². The molecule has 120 valence electrons. The van der Waals surface area contributed by atoms with Crippen LogP contribution in [0.2, 0.25) is 0 Å². The molecule has 2 heterocycles. The Morgan fingerprint density at radius 2 is 1.90 bits per heavy atom. The van der Waals surface area contributed by atoms with Gasteiger partial charge in [-0.05, 0) is 75.2 Å². The van der Waals surface area contributed by atoms with E-state index in [1.807, 2.05) is 0 Å². The fourth-order valence-corrected chi connectivity index (χ4v) is 3.91. The van der Waals surface area contributed by atoms with Gasteiger partial charge in [-0.15, -0.1) is 0 Å². The summed E-state index contributed by atoms with van der Waals surface area (Å²) in [6, 6.07) is 0. The van der Waals surface area contributed by atoms with Gasteiger partial charge in [0, 0.05) is 19.6 Å². The molecule has 0 radical (unpaired) electrons. The molecule has 1 aliphatic rings. The van der Waals surface area contributed by atoms with Crippen LogP contribution in [0.25, 0.3) is 0 Å². The number of hydrogen-bond donors (Lipinski definition) is 0. The van der Waals surface area contributed by atoms with E-state index in [-0.39, 0.29) is 0 Å². The van der Waals surface area contributed by atoms with Gasteiger partial charge in [0.15, 0.2) is 0 Å². The van der Waals surface area contributed by atoms with Crippen LogP contribution in [0.5, 0.6) is 0 Å². The van der Waals surface area contributed by atoms with E-state index >= 15 is 0 Å². The van der Waals surface area contributed by atoms with E-state index in [0.29, 0.717) is 0 Å². The van der Waals surface area contributed by atoms with E-state index in [1.54, 1.807) is 0 Å². The monoisotopic (exact) mass is 356 g/mol. The van der Waals surface area contributed by atoms with Crippen LogP contribution in [-0.4, -0.2) is 53.3 Å². The summed E-state index contributed by atoms with van der Waals surface area (Å²) in [5.74, 6) is 0.863. The van der Waals surface area contributed by atoms with Crippen molar-refractivity contribution >= 4 is 15.9 Å². The van der Waals surface area contributed by atoms with Crippen LogP contribution in [-0.2, 0) is 19.5 Å². The minimum absolute atomic E-state index is 0.863. The van der Waals surface area contributed by atoms with Gasteiger partial charge < -0.3 is 4.90 Å². The number of likely N-dealkylation sites (tertiary alicyclic amines) is 1. The Bertz CT molecular complexity index is 447. The molecule has 1 saturated heterocycles. The topological polar surface area (TPSA) is 24.3 Å². The molecule has 0 aliphatic carbocycles. The zero-order valence-electron chi connectivity index (χ0n) is 13.9. The molecule has 2 rings (SSSR count). The molecular formula is C16H29BrN4. The molecule has 1 aromatic heterocycles. The highest BCUT2D eigenvalue weighted by Crippen LogP contribution is 2.26. The number of piperidine rings is 1. The van der Waals surface area contributed by atoms with Gasteiger partial charge in [-0.3, -0.25) is 9.58 Å². The SMILES string of the molecule is CCc1nn(CC)c(CN2CCC(CN(C)C)CC2)c1Br. The predicted molar refractivity (Wildman–Crippen MR) is 91.5 cm³/mol. The highest BCUT2D eigenvalue weighted by atomic mass is 79.9. The molecule has 0 unspecified atom stereocenters. The van der Waals surface area contributed by atoms with Gasteiger partial charge in [0.05, 0.1) is 15.9 Å². The molecule has 4 nitrogen and oxygen atoms in total. The lowest BCUT2D eigenvalue weighted by Gasteiger charge is -2.33. The first-order valence-corrected chi connectivity index (χ1v) is 8.95. The second-order valence-corrected chi connectivity index (χ2v) is 7.15. The Hall–Kier alpha value is -0.390. The Labute approximate surface area is 137 Å². The average molecular weight is 357 g/mol. The summed E-state index contributed by atoms with van der Waals surface area (Å²) in [6.45, 7) is 9.96. The lowest BCUT2D eigenvalue weighted by molar-refractivity contribution is 0.153. The van der Waals surface area contributed by atoms with Crippen LogP contribution in [0.4, 0.5) is 0 Å². The van der Waals surface area contributed by atoms with Crippen LogP contribution in [0.15, 0.2) is 4.47 Å². The number of hydrogen-bond acceptors (Lipinski definition) is 3. The van der Waals surface area contributed by atoms with E-state index in [2.05, 4.69) is 58.4 Å². The summed E-state index contributed by atoms with van der Waals surface area (Å²) in [5.41, 5.74) is 2.54. The zero-order chi connectivity index (χ0) is 15.4. The van der Waals surface area contributed by atoms with E-state index in [4.69, 9.17) is 5.10 Å². The third-order valence-electron chi connectivity index (χ3n) is 4.40. The number of aromatic nitrogens is 2. The Kier molecular flexibility index (Phi) is 6.26. The van der Waals surface area contributed by atoms with Crippen LogP contribution in [0.1, 0.15) is 38.1 Å². The molecule has 0 amide bonds. The molecule has 0 N–H and O–H groups in total. The van der Waals surface area contributed by atoms with Crippen molar-refractivity contribution in [1.82, 2.24) is 19.6 Å². The Balaban J connectivity index is 1.96. The molecule has 5 heteroatoms. The molecule has 0 saturated carbocycles. The van der Waals surface area contributed by atoms with Crippen molar-refractivity contribution in [3.8, 4) is 0 Å². The first-order valence-electron chi connectivity index (χ1n) is 8.16. The third-order valence-corrected chi connectivity index (χ3v) is 5.31. The van der Waals surface area contributed by atoms with Gasteiger partial charge in [-0.25, -0.2) is 0 Å². The van der Waals surface area contributed by atoms with Gasteiger partial charge in [0.25, 0.3) is 0 Å². The number of nitrogens with zero attached hydrogens (tertiary/aromatic N) is 4. The number of halogens is 1. The first kappa shape index (κ1) is 17.0. The molecule has 0 aromatic carbocycles. The minimum Gasteiger partial charge on any atom is -0.309 e. The first-order chi connectivity index (χ1) is 10.0. The molecule has 1 fully saturated rings. The van der Waals surface area contributed by atoms with Crippen molar-refractivity contribution in [3.05, 3.63) is 15.9 Å². The van der Waals surface area contributed by atoms with Crippen molar-refractivity contribution in [3.63, 3.8) is 0 Å². The average Bonchev–Trinajstić information content (AvgIpc) is 2.77. The molecule has 1 aromatic rings. The normalized spacial score (nSPS) is 17.8. The van der Waals surface area contributed by atoms with Crippen LogP contribution in [0, 0.1) is 5.92 Å². The maximum absolute atomic E-state index is 4.70. The molecule has 0 spiro atoms. The second kappa shape index (κ2) is 7.75. The fraction of sp³-hybridized carbons (Fsp3) is 0.812. The van der Waals surface area contributed by atoms with Crippen molar-refractivity contribution < 1.29 is 0 Å². The van der Waals surface area contributed by atoms with E-state index in [0.717, 1.165) is 25.4 Å². The summed E-state index contributed by atoms with van der Waals surface area (Å²) in [5, 5.41) is 4.70. The minimum atomic E-state index is 0.863. The smallest absolute Gasteiger partial charge is 0.0767 e. The maximum Gasteiger partial charge on any atom is 0.0767 e. The molecule has 0 bridgehead atoms. The van der Waals surface area contributed by atoms with Gasteiger partial charge in [-0.2, -0.15) is 5.10 Å². The highest BCUT2D eigenvalue weighted by molar-refractivity contribution is 9.10. The van der Waals surface area contributed by atoms with Crippen molar-refractivity contribution in [2.45, 2.75) is 46.2 Å². The Morgan fingerprint density at radius 3 is 2.43 bits per heavy atom. The van der Waals surface area contributed by atoms with Gasteiger partial charge >= 0.3 is 0 Å². The Morgan fingerprint density at radius 1 is 1.24 bits per heavy atom. The van der Waals surface area contributed by atoms with Crippen LogP contribution < -0.4 is 0 Å². The highest BCUT2D eigenvalue weighted by Gasteiger charge is 2.22. The molecule has 0 atom stereocenters. The standard InChI is InChI=1S/C16H29BrN4/c1-5-14-16(17)15(21(6-2)18-14)12-20-9-7-13(8-10-20)11-19(3)4/h13H,5-12H2,1-4H3. The lowest BCUT2D eigenvalue weighted by atomic mass is 9.96. The maximum atomic E-state index is 4.70. The fourth-order valence-electron chi connectivity index (χ4n) is 3.22. The summed E-state index contributed by atoms with van der Waals surface area (Å²) < 4.78 is 3.39. The van der Waals surface area contributed by atoms with E-state index in [9.17, 15) is 0 Å². The quantitative estimate of drug-likeness (QED) is 0.782. The second-order valence-electron chi connectivity index (χ2n) is 6.36. The third kappa shape index (κ3) is 4.30. The summed E-state index contributed by atoms with van der Waals surface area (Å²) >= 11 is 3.76. The van der Waals surface area contributed by atoms with E-state index < -0.39 is 0 Å². The van der Waals surface area contributed by atoms with Gasteiger partial charge in [0.1, 0.15) is 0 Å². The number of rotatable bonds is 6. The van der Waals surface area contributed by atoms with Crippen molar-refractivity contribution in [2.24, 2.45) is 5.92 Å². The summed E-state index contributed by atoms with van der Waals surface area (Å²) in [6.07, 6.45) is 3.62. The lowest BCUT2D eigenvalue weighted by Crippen LogP contribution is -2.37. The van der Waals surface area contributed by atoms with Gasteiger partial charge in [-0.1, -0.05) is 6.92 Å². The molecule has 1 aliphatic heterocycles. The van der Waals surface area contributed by atoms with Crippen molar-refractivity contribution in [1.29, 1.82) is 0 Å². The number of aryl methyl sites for hydroxylation is 2. The van der Waals surface area contributed by atoms with Crippen LogP contribution in [0.3, 0.4) is 0 Å². The molecule has 21 heavy (non-hydrogen) atoms. The summed E-state index contributed by atoms with van der Waals surface area (Å²) in [4.78, 5) is 4.90. The predicted octanol–water partition coefficient (Wildman–Crippen LogP) is 3.00. The summed E-state index contributed by atoms with van der Waals surface area (Å²) in [7, 11) is 4.35. The van der Waals surface area contributed by atoms with E-state index in [1.165, 1.54) is 48.3 Å². The zero-order valence-corrected chi connectivity index (χ0v) is 15.5. The van der Waals surface area contributed by atoms with Crippen LogP contribution >= 0.6 is 15.9 Å². The largest absolute Gasteiger partial charge is 0.309 e. The van der Waals surface area contributed by atoms with Crippen molar-refractivity contribution in [2.75, 3.05) is 33.7 Å².